The van der Waals surface area contributed by atoms with Gasteiger partial charge in [-0.3, -0.25) is 0 Å². The van der Waals surface area contributed by atoms with E-state index in [9.17, 15) is 5.11 Å². The Labute approximate surface area is 111 Å². The van der Waals surface area contributed by atoms with Crippen LogP contribution in [0.3, 0.4) is 0 Å². The van der Waals surface area contributed by atoms with E-state index in [0.717, 1.165) is 5.75 Å². The number of ether oxygens (including phenoxy) is 2. The Kier molecular flexibility index (Phi) is 4.74. The van der Waals surface area contributed by atoms with Crippen LogP contribution in [0.15, 0.2) is 36.9 Å². The molecule has 6 heteroatoms. The van der Waals surface area contributed by atoms with Crippen LogP contribution < -0.4 is 9.47 Å². The SMILES string of the molecule is CCOc1ccc(OCC(O)Cn2cnnc2)cc1. The molecule has 0 fully saturated rings. The molecule has 0 aliphatic rings. The number of hydrogen-bond donors (Lipinski definition) is 1. The van der Waals surface area contributed by atoms with Gasteiger partial charge in [-0.2, -0.15) is 0 Å². The summed E-state index contributed by atoms with van der Waals surface area (Å²) in [5.74, 6) is 1.51. The molecule has 0 aliphatic heterocycles. The number of rotatable bonds is 7. The normalized spacial score (nSPS) is 12.1. The molecule has 0 radical (unpaired) electrons. The lowest BCUT2D eigenvalue weighted by molar-refractivity contribution is 0.0923. The molecule has 0 amide bonds. The van der Waals surface area contributed by atoms with Crippen molar-refractivity contribution in [2.45, 2.75) is 19.6 Å². The van der Waals surface area contributed by atoms with E-state index in [1.807, 2.05) is 31.2 Å². The van der Waals surface area contributed by atoms with Crippen LogP contribution in [0.25, 0.3) is 0 Å². The summed E-state index contributed by atoms with van der Waals surface area (Å²) in [5.41, 5.74) is 0. The highest BCUT2D eigenvalue weighted by molar-refractivity contribution is 5.31. The van der Waals surface area contributed by atoms with Crippen molar-refractivity contribution < 1.29 is 14.6 Å². The molecule has 1 aromatic carbocycles. The van der Waals surface area contributed by atoms with Crippen molar-refractivity contribution in [2.24, 2.45) is 0 Å². The Bertz CT molecular complexity index is 470. The van der Waals surface area contributed by atoms with Crippen LogP contribution in [-0.4, -0.2) is 39.2 Å². The van der Waals surface area contributed by atoms with Gasteiger partial charge in [0.05, 0.1) is 13.2 Å². The molecule has 1 atom stereocenters. The molecule has 0 saturated carbocycles. The lowest BCUT2D eigenvalue weighted by atomic mass is 10.3. The van der Waals surface area contributed by atoms with Crippen LogP contribution in [-0.2, 0) is 6.54 Å². The molecule has 102 valence electrons. The summed E-state index contributed by atoms with van der Waals surface area (Å²) < 4.78 is 12.5. The summed E-state index contributed by atoms with van der Waals surface area (Å²) in [6, 6.07) is 7.31. The second-order valence-electron chi connectivity index (χ2n) is 4.03. The Morgan fingerprint density at radius 2 is 1.68 bits per heavy atom. The fraction of sp³-hybridized carbons (Fsp3) is 0.385. The van der Waals surface area contributed by atoms with Crippen molar-refractivity contribution in [1.29, 1.82) is 0 Å². The minimum atomic E-state index is -0.609. The van der Waals surface area contributed by atoms with E-state index >= 15 is 0 Å². The molecule has 0 aliphatic carbocycles. The Hall–Kier alpha value is -2.08. The zero-order valence-electron chi connectivity index (χ0n) is 10.8. The highest BCUT2D eigenvalue weighted by Gasteiger charge is 2.06. The molecule has 1 N–H and O–H groups in total. The van der Waals surface area contributed by atoms with Gasteiger partial charge in [-0.15, -0.1) is 10.2 Å². The maximum atomic E-state index is 9.80. The standard InChI is InChI=1S/C13H17N3O3/c1-2-18-12-3-5-13(6-4-12)19-8-11(17)7-16-9-14-15-10-16/h3-6,9-11,17H,2,7-8H2,1H3. The smallest absolute Gasteiger partial charge is 0.119 e. The Balaban J connectivity index is 1.78. The fourth-order valence-corrected chi connectivity index (χ4v) is 1.60. The molecule has 0 saturated heterocycles. The van der Waals surface area contributed by atoms with Gasteiger partial charge in [0.15, 0.2) is 0 Å². The second-order valence-corrected chi connectivity index (χ2v) is 4.03. The molecule has 0 spiro atoms. The van der Waals surface area contributed by atoms with Gasteiger partial charge in [-0.1, -0.05) is 0 Å². The van der Waals surface area contributed by atoms with Gasteiger partial charge in [0, 0.05) is 0 Å². The first-order valence-electron chi connectivity index (χ1n) is 6.14. The molecule has 2 aromatic rings. The van der Waals surface area contributed by atoms with Crippen LogP contribution in [0.4, 0.5) is 0 Å². The van der Waals surface area contributed by atoms with Gasteiger partial charge in [0.1, 0.15) is 36.9 Å². The van der Waals surface area contributed by atoms with Crippen LogP contribution in [0.2, 0.25) is 0 Å². The minimum Gasteiger partial charge on any atom is -0.494 e. The summed E-state index contributed by atoms with van der Waals surface area (Å²) in [4.78, 5) is 0. The number of benzene rings is 1. The largest absolute Gasteiger partial charge is 0.494 e. The lowest BCUT2D eigenvalue weighted by Gasteiger charge is -2.12. The maximum Gasteiger partial charge on any atom is 0.119 e. The average molecular weight is 263 g/mol. The molecule has 2 rings (SSSR count). The van der Waals surface area contributed by atoms with Crippen molar-refractivity contribution in [3.63, 3.8) is 0 Å². The maximum absolute atomic E-state index is 9.80. The highest BCUT2D eigenvalue weighted by atomic mass is 16.5. The van der Waals surface area contributed by atoms with Gasteiger partial charge in [0.2, 0.25) is 0 Å². The highest BCUT2D eigenvalue weighted by Crippen LogP contribution is 2.17. The molecule has 6 nitrogen and oxygen atoms in total. The Morgan fingerprint density at radius 3 is 2.26 bits per heavy atom. The summed E-state index contributed by atoms with van der Waals surface area (Å²) in [6.45, 7) is 3.19. The van der Waals surface area contributed by atoms with Gasteiger partial charge in [0.25, 0.3) is 0 Å². The topological polar surface area (TPSA) is 69.4 Å². The van der Waals surface area contributed by atoms with E-state index in [4.69, 9.17) is 9.47 Å². The van der Waals surface area contributed by atoms with E-state index in [2.05, 4.69) is 10.2 Å². The number of aliphatic hydroxyl groups excluding tert-OH is 1. The van der Waals surface area contributed by atoms with Crippen molar-refractivity contribution in [3.8, 4) is 11.5 Å². The van der Waals surface area contributed by atoms with E-state index < -0.39 is 6.10 Å². The number of aliphatic hydroxyl groups is 1. The molecule has 1 aromatic heterocycles. The first-order chi connectivity index (χ1) is 9.28. The summed E-state index contributed by atoms with van der Waals surface area (Å²) in [7, 11) is 0. The van der Waals surface area contributed by atoms with E-state index in [0.29, 0.717) is 18.9 Å². The van der Waals surface area contributed by atoms with Crippen LogP contribution >= 0.6 is 0 Å². The molecular formula is C13H17N3O3. The van der Waals surface area contributed by atoms with Crippen LogP contribution in [0.1, 0.15) is 6.92 Å². The van der Waals surface area contributed by atoms with E-state index in [1.54, 1.807) is 17.2 Å². The first-order valence-corrected chi connectivity index (χ1v) is 6.14. The third-order valence-corrected chi connectivity index (χ3v) is 2.47. The number of aromatic nitrogens is 3. The van der Waals surface area contributed by atoms with Gasteiger partial charge >= 0.3 is 0 Å². The van der Waals surface area contributed by atoms with Crippen molar-refractivity contribution in [3.05, 3.63) is 36.9 Å². The molecule has 19 heavy (non-hydrogen) atoms. The molecular weight excluding hydrogens is 246 g/mol. The third-order valence-electron chi connectivity index (χ3n) is 2.47. The Morgan fingerprint density at radius 1 is 1.11 bits per heavy atom. The predicted molar refractivity (Wildman–Crippen MR) is 69.1 cm³/mol. The lowest BCUT2D eigenvalue weighted by Crippen LogP contribution is -2.23. The third kappa shape index (κ3) is 4.26. The summed E-state index contributed by atoms with van der Waals surface area (Å²) >= 11 is 0. The van der Waals surface area contributed by atoms with Crippen LogP contribution in [0.5, 0.6) is 11.5 Å². The average Bonchev–Trinajstić information content (AvgIpc) is 2.91. The summed E-state index contributed by atoms with van der Waals surface area (Å²) in [5, 5.41) is 17.1. The molecule has 1 unspecified atom stereocenters. The number of hydrogen-bond acceptors (Lipinski definition) is 5. The van der Waals surface area contributed by atoms with Crippen molar-refractivity contribution >= 4 is 0 Å². The molecule has 0 bridgehead atoms. The molecule has 1 heterocycles. The number of nitrogens with zero attached hydrogens (tertiary/aromatic N) is 3. The van der Waals surface area contributed by atoms with Crippen LogP contribution in [0, 0.1) is 0 Å². The second kappa shape index (κ2) is 6.75. The first kappa shape index (κ1) is 13.4. The fourth-order valence-electron chi connectivity index (χ4n) is 1.60. The summed E-state index contributed by atoms with van der Waals surface area (Å²) in [6.07, 6.45) is 2.50. The van der Waals surface area contributed by atoms with Gasteiger partial charge in [-0.25, -0.2) is 0 Å². The zero-order chi connectivity index (χ0) is 13.5. The van der Waals surface area contributed by atoms with E-state index in [-0.39, 0.29) is 6.61 Å². The van der Waals surface area contributed by atoms with Gasteiger partial charge < -0.3 is 19.1 Å². The zero-order valence-corrected chi connectivity index (χ0v) is 10.8. The van der Waals surface area contributed by atoms with Crippen molar-refractivity contribution in [2.75, 3.05) is 13.2 Å². The van der Waals surface area contributed by atoms with Crippen molar-refractivity contribution in [1.82, 2.24) is 14.8 Å². The quantitative estimate of drug-likeness (QED) is 0.810. The predicted octanol–water partition coefficient (Wildman–Crippen LogP) is 1.12. The van der Waals surface area contributed by atoms with Gasteiger partial charge in [-0.05, 0) is 31.2 Å². The monoisotopic (exact) mass is 263 g/mol. The minimum absolute atomic E-state index is 0.214. The van der Waals surface area contributed by atoms with E-state index in [1.165, 1.54) is 0 Å².